The summed E-state index contributed by atoms with van der Waals surface area (Å²) in [5, 5.41) is 44.8. The van der Waals surface area contributed by atoms with E-state index >= 15 is 0 Å². The number of amides is 1. The third-order valence-corrected chi connectivity index (χ3v) is 9.61. The SMILES string of the molecule is Cc1ccc(S(=O)(=O)NC2C(O)=C(C(N)=O)C(=O)[C@@]3(O)C(O)=C4C(=O)c5c(O)ccc(N(C)C)c5C[C@H]4C[C@@H]23)cc1. The molecule has 4 atom stereocenters. The quantitative estimate of drug-likeness (QED) is 0.274. The van der Waals surface area contributed by atoms with Crippen molar-refractivity contribution in [3.05, 3.63) is 75.8 Å². The number of allylic oxidation sites excluding steroid dienone is 1. The molecule has 2 aromatic carbocycles. The largest absolute Gasteiger partial charge is 0.510 e. The normalized spacial score (nSPS) is 25.9. The molecule has 0 radical (unpaired) electrons. The first-order valence-electron chi connectivity index (χ1n) is 12.7. The Hall–Kier alpha value is -4.20. The molecule has 41 heavy (non-hydrogen) atoms. The summed E-state index contributed by atoms with van der Waals surface area (Å²) in [5.41, 5.74) is 2.66. The second kappa shape index (κ2) is 9.43. The molecule has 1 unspecified atom stereocenters. The Morgan fingerprint density at radius 3 is 2.29 bits per heavy atom. The van der Waals surface area contributed by atoms with Gasteiger partial charge in [-0.2, -0.15) is 0 Å². The highest BCUT2D eigenvalue weighted by Crippen LogP contribution is 2.52. The van der Waals surface area contributed by atoms with Gasteiger partial charge in [-0.25, -0.2) is 13.1 Å². The van der Waals surface area contributed by atoms with Gasteiger partial charge < -0.3 is 31.1 Å². The van der Waals surface area contributed by atoms with Gasteiger partial charge in [0, 0.05) is 31.3 Å². The molecule has 3 aliphatic carbocycles. The lowest BCUT2D eigenvalue weighted by molar-refractivity contribution is -0.145. The first kappa shape index (κ1) is 28.3. The number of benzene rings is 2. The minimum absolute atomic E-state index is 0.0771. The Labute approximate surface area is 235 Å². The fraction of sp³-hybridized carbons (Fsp3) is 0.321. The molecule has 7 N–H and O–H groups in total. The van der Waals surface area contributed by atoms with Gasteiger partial charge in [-0.1, -0.05) is 17.7 Å². The molecule has 0 heterocycles. The molecule has 0 bridgehead atoms. The number of anilines is 1. The summed E-state index contributed by atoms with van der Waals surface area (Å²) in [4.78, 5) is 41.0. The maximum absolute atomic E-state index is 13.7. The number of carbonyl (C=O) groups excluding carboxylic acids is 3. The highest BCUT2D eigenvalue weighted by molar-refractivity contribution is 7.89. The van der Waals surface area contributed by atoms with Crippen molar-refractivity contribution in [1.29, 1.82) is 0 Å². The van der Waals surface area contributed by atoms with Crippen molar-refractivity contribution in [2.45, 2.75) is 36.3 Å². The predicted octanol–water partition coefficient (Wildman–Crippen LogP) is 0.912. The van der Waals surface area contributed by atoms with Crippen molar-refractivity contribution < 1.29 is 43.2 Å². The van der Waals surface area contributed by atoms with Crippen LogP contribution in [0.3, 0.4) is 0 Å². The number of rotatable bonds is 5. The van der Waals surface area contributed by atoms with Gasteiger partial charge in [0.25, 0.3) is 5.91 Å². The van der Waals surface area contributed by atoms with E-state index in [2.05, 4.69) is 4.72 Å². The molecule has 0 saturated carbocycles. The van der Waals surface area contributed by atoms with E-state index < -0.39 is 68.1 Å². The number of phenols is 1. The molecule has 0 saturated heterocycles. The zero-order valence-corrected chi connectivity index (χ0v) is 23.2. The van der Waals surface area contributed by atoms with Crippen LogP contribution in [-0.4, -0.2) is 72.1 Å². The number of nitrogens with two attached hydrogens (primary N) is 1. The lowest BCUT2D eigenvalue weighted by atomic mass is 9.59. The molecule has 0 spiro atoms. The Morgan fingerprint density at radius 2 is 1.71 bits per heavy atom. The van der Waals surface area contributed by atoms with Crippen molar-refractivity contribution in [3.63, 3.8) is 0 Å². The van der Waals surface area contributed by atoms with Crippen molar-refractivity contribution in [2.75, 3.05) is 19.0 Å². The molecule has 0 aliphatic heterocycles. The number of Topliss-reactive ketones (excluding diaryl/α,β-unsaturated/α-hetero) is 2. The second-order valence-corrected chi connectivity index (χ2v) is 12.5. The molecule has 3 aliphatic rings. The van der Waals surface area contributed by atoms with Crippen LogP contribution in [0.5, 0.6) is 5.75 Å². The number of nitrogens with zero attached hydrogens (tertiary/aromatic N) is 1. The molecule has 216 valence electrons. The van der Waals surface area contributed by atoms with Crippen LogP contribution in [-0.2, 0) is 26.0 Å². The number of ketones is 2. The number of aliphatic hydroxyl groups excluding tert-OH is 2. The summed E-state index contributed by atoms with van der Waals surface area (Å²) < 4.78 is 29.0. The minimum atomic E-state index is -4.41. The third kappa shape index (κ3) is 4.11. The number of hydrogen-bond acceptors (Lipinski definition) is 10. The zero-order chi connectivity index (χ0) is 30.2. The third-order valence-electron chi connectivity index (χ3n) is 8.16. The molecule has 1 amide bonds. The number of fused-ring (bicyclic) bond motifs is 3. The molecule has 13 heteroatoms. The van der Waals surface area contributed by atoms with E-state index in [9.17, 15) is 43.2 Å². The summed E-state index contributed by atoms with van der Waals surface area (Å²) >= 11 is 0. The number of carbonyl (C=O) groups is 3. The van der Waals surface area contributed by atoms with Crippen molar-refractivity contribution in [1.82, 2.24) is 4.72 Å². The van der Waals surface area contributed by atoms with Gasteiger partial charge >= 0.3 is 0 Å². The molecular weight excluding hydrogens is 554 g/mol. The number of aromatic hydroxyl groups is 1. The Balaban J connectivity index is 1.69. The van der Waals surface area contributed by atoms with Crippen LogP contribution >= 0.6 is 0 Å². The maximum atomic E-state index is 13.7. The lowest BCUT2D eigenvalue weighted by Crippen LogP contribution is -2.64. The topological polar surface area (TPSA) is 208 Å². The number of aryl methyl sites for hydroxylation is 1. The maximum Gasteiger partial charge on any atom is 0.255 e. The van der Waals surface area contributed by atoms with Crippen molar-refractivity contribution in [2.24, 2.45) is 17.6 Å². The Bertz CT molecular complexity index is 1690. The van der Waals surface area contributed by atoms with Crippen molar-refractivity contribution >= 4 is 33.2 Å². The summed E-state index contributed by atoms with van der Waals surface area (Å²) in [6.07, 6.45) is -0.180. The van der Waals surface area contributed by atoms with Crippen LogP contribution in [0.15, 0.2) is 64.0 Å². The van der Waals surface area contributed by atoms with Gasteiger partial charge in [-0.3, -0.25) is 14.4 Å². The summed E-state index contributed by atoms with van der Waals surface area (Å²) in [7, 11) is -0.927. The molecule has 5 rings (SSSR count). The van der Waals surface area contributed by atoms with Gasteiger partial charge in [0.2, 0.25) is 15.8 Å². The number of phenolic OH excluding ortho intramolecular Hbond substituents is 1. The predicted molar refractivity (Wildman–Crippen MR) is 146 cm³/mol. The zero-order valence-electron chi connectivity index (χ0n) is 22.4. The van der Waals surface area contributed by atoms with Crippen LogP contribution in [0.1, 0.15) is 27.9 Å². The first-order chi connectivity index (χ1) is 19.1. The van der Waals surface area contributed by atoms with Crippen LogP contribution in [0.4, 0.5) is 5.69 Å². The average Bonchev–Trinajstić information content (AvgIpc) is 2.88. The van der Waals surface area contributed by atoms with Crippen LogP contribution in [0.2, 0.25) is 0 Å². The van der Waals surface area contributed by atoms with E-state index in [1.54, 1.807) is 44.1 Å². The average molecular weight is 584 g/mol. The van der Waals surface area contributed by atoms with Gasteiger partial charge in [0.15, 0.2) is 11.4 Å². The lowest BCUT2D eigenvalue weighted by Gasteiger charge is -2.48. The molecule has 0 aromatic heterocycles. The fourth-order valence-electron chi connectivity index (χ4n) is 6.17. The van der Waals surface area contributed by atoms with Crippen LogP contribution in [0.25, 0.3) is 0 Å². The standard InChI is InChI=1S/C28H29N3O9S/c1-12-4-6-14(7-5-12)41(39,40)30-22-16-11-13-10-15-17(31(2)3)8-9-18(32)20(15)23(33)19(13)25(35)28(16,38)26(36)21(24(22)34)27(29)37/h4-9,13,16,22,30,32,34-35,38H,10-11H2,1-3H3,(H2,29,37)/t13-,16-,22?,28-/m0/s1. The van der Waals surface area contributed by atoms with E-state index in [0.29, 0.717) is 11.3 Å². The van der Waals surface area contributed by atoms with Crippen molar-refractivity contribution in [3.8, 4) is 5.75 Å². The number of primary amides is 1. The Morgan fingerprint density at radius 1 is 1.07 bits per heavy atom. The van der Waals surface area contributed by atoms with Crippen LogP contribution in [0, 0.1) is 18.8 Å². The smallest absolute Gasteiger partial charge is 0.255 e. The van der Waals surface area contributed by atoms with Gasteiger partial charge in [-0.15, -0.1) is 0 Å². The summed E-state index contributed by atoms with van der Waals surface area (Å²) in [6.45, 7) is 1.75. The molecule has 0 fully saturated rings. The van der Waals surface area contributed by atoms with E-state index in [4.69, 9.17) is 5.73 Å². The highest BCUT2D eigenvalue weighted by Gasteiger charge is 2.63. The second-order valence-electron chi connectivity index (χ2n) is 10.8. The molecule has 12 nitrogen and oxygen atoms in total. The molecule has 2 aromatic rings. The van der Waals surface area contributed by atoms with E-state index in [-0.39, 0.29) is 34.6 Å². The number of nitrogens with one attached hydrogen (secondary N) is 1. The highest BCUT2D eigenvalue weighted by atomic mass is 32.2. The minimum Gasteiger partial charge on any atom is -0.510 e. The van der Waals surface area contributed by atoms with E-state index in [0.717, 1.165) is 5.56 Å². The van der Waals surface area contributed by atoms with Gasteiger partial charge in [0.1, 0.15) is 22.8 Å². The number of aliphatic hydroxyl groups is 3. The number of hydrogen-bond donors (Lipinski definition) is 6. The van der Waals surface area contributed by atoms with Gasteiger partial charge in [0.05, 0.1) is 16.5 Å². The first-order valence-corrected chi connectivity index (χ1v) is 14.2. The Kier molecular flexibility index (Phi) is 6.52. The van der Waals surface area contributed by atoms with E-state index in [1.165, 1.54) is 18.2 Å². The fourth-order valence-corrected chi connectivity index (χ4v) is 7.41. The molecular formula is C28H29N3O9S. The summed E-state index contributed by atoms with van der Waals surface area (Å²) in [6, 6.07) is 6.88. The summed E-state index contributed by atoms with van der Waals surface area (Å²) in [5.74, 6) is -8.59. The van der Waals surface area contributed by atoms with Crippen LogP contribution < -0.4 is 15.4 Å². The number of sulfonamides is 1. The monoisotopic (exact) mass is 583 g/mol. The van der Waals surface area contributed by atoms with Gasteiger partial charge in [-0.05, 0) is 55.5 Å². The van der Waals surface area contributed by atoms with E-state index in [1.807, 2.05) is 0 Å².